The van der Waals surface area contributed by atoms with Crippen LogP contribution in [0.3, 0.4) is 0 Å². The van der Waals surface area contributed by atoms with Gasteiger partial charge in [-0.05, 0) is 38.1 Å². The fourth-order valence-corrected chi connectivity index (χ4v) is 2.44. The van der Waals surface area contributed by atoms with Gasteiger partial charge in [0, 0.05) is 29.9 Å². The summed E-state index contributed by atoms with van der Waals surface area (Å²) in [6.07, 6.45) is 5.48. The molecule has 1 saturated heterocycles. The first-order valence-corrected chi connectivity index (χ1v) is 6.55. The minimum absolute atomic E-state index is 0.0950. The Balaban J connectivity index is 1.98. The molecule has 1 fully saturated rings. The van der Waals surface area contributed by atoms with Gasteiger partial charge in [-0.15, -0.1) is 0 Å². The van der Waals surface area contributed by atoms with Crippen molar-refractivity contribution in [3.63, 3.8) is 0 Å². The van der Waals surface area contributed by atoms with Crippen molar-refractivity contribution in [1.29, 1.82) is 0 Å². The van der Waals surface area contributed by atoms with Crippen molar-refractivity contribution in [2.75, 3.05) is 13.1 Å². The van der Waals surface area contributed by atoms with Gasteiger partial charge in [0.05, 0.1) is 5.69 Å². The van der Waals surface area contributed by atoms with E-state index in [9.17, 15) is 4.79 Å². The van der Waals surface area contributed by atoms with Crippen molar-refractivity contribution >= 4 is 0 Å². The number of piperidine rings is 1. The molecule has 2 N–H and O–H groups in total. The highest BCUT2D eigenvalue weighted by Gasteiger charge is 2.17. The van der Waals surface area contributed by atoms with Gasteiger partial charge in [0.2, 0.25) is 0 Å². The molecule has 0 atom stereocenters. The van der Waals surface area contributed by atoms with Gasteiger partial charge in [0.15, 0.2) is 0 Å². The Kier molecular flexibility index (Phi) is 3.37. The van der Waals surface area contributed by atoms with Gasteiger partial charge < -0.3 is 10.3 Å². The molecule has 0 radical (unpaired) electrons. The summed E-state index contributed by atoms with van der Waals surface area (Å²) >= 11 is 0. The smallest absolute Gasteiger partial charge is 0.251 e. The van der Waals surface area contributed by atoms with Crippen LogP contribution < -0.4 is 10.9 Å². The largest absolute Gasteiger partial charge is 0.317 e. The van der Waals surface area contributed by atoms with E-state index in [1.165, 1.54) is 0 Å². The number of pyridine rings is 1. The van der Waals surface area contributed by atoms with Crippen LogP contribution in [-0.4, -0.2) is 28.0 Å². The molecule has 2 aromatic rings. The van der Waals surface area contributed by atoms with Gasteiger partial charge in [-0.2, -0.15) is 0 Å². The lowest BCUT2D eigenvalue weighted by molar-refractivity contribution is 0.453. The van der Waals surface area contributed by atoms with Gasteiger partial charge in [0.1, 0.15) is 5.82 Å². The summed E-state index contributed by atoms with van der Waals surface area (Å²) in [6, 6.07) is 5.36. The Morgan fingerprint density at radius 1 is 1.26 bits per heavy atom. The fraction of sp³-hybridized carbons (Fsp3) is 0.357. The van der Waals surface area contributed by atoms with E-state index in [2.05, 4.69) is 20.3 Å². The third kappa shape index (κ3) is 2.71. The Hall–Kier alpha value is -2.01. The van der Waals surface area contributed by atoms with Crippen molar-refractivity contribution < 1.29 is 0 Å². The summed E-state index contributed by atoms with van der Waals surface area (Å²) in [5.41, 5.74) is 1.64. The highest BCUT2D eigenvalue weighted by molar-refractivity contribution is 5.52. The van der Waals surface area contributed by atoms with Crippen molar-refractivity contribution in [1.82, 2.24) is 20.3 Å². The molecule has 3 rings (SSSR count). The second kappa shape index (κ2) is 5.32. The molecule has 0 unspecified atom stereocenters. The molecule has 0 spiro atoms. The first-order valence-electron chi connectivity index (χ1n) is 6.55. The van der Waals surface area contributed by atoms with Crippen LogP contribution in [0.2, 0.25) is 0 Å². The zero-order valence-corrected chi connectivity index (χ0v) is 10.6. The van der Waals surface area contributed by atoms with Crippen molar-refractivity contribution in [3.05, 3.63) is 46.6 Å². The minimum Gasteiger partial charge on any atom is -0.317 e. The molecule has 98 valence electrons. The molecule has 1 aliphatic heterocycles. The highest BCUT2D eigenvalue weighted by Crippen LogP contribution is 2.23. The van der Waals surface area contributed by atoms with Crippen LogP contribution in [0.15, 0.2) is 35.4 Å². The first kappa shape index (κ1) is 12.0. The molecule has 5 heteroatoms. The maximum atomic E-state index is 11.8. The van der Waals surface area contributed by atoms with Crippen molar-refractivity contribution in [3.8, 4) is 11.4 Å². The number of rotatable bonds is 2. The summed E-state index contributed by atoms with van der Waals surface area (Å²) in [4.78, 5) is 23.2. The average Bonchev–Trinajstić information content (AvgIpc) is 2.48. The molecule has 2 aromatic heterocycles. The summed E-state index contributed by atoms with van der Waals surface area (Å²) < 4.78 is 0. The number of aromatic nitrogens is 3. The van der Waals surface area contributed by atoms with Gasteiger partial charge in [-0.1, -0.05) is 0 Å². The van der Waals surface area contributed by atoms with Crippen LogP contribution in [0, 0.1) is 0 Å². The summed E-state index contributed by atoms with van der Waals surface area (Å²) in [7, 11) is 0. The number of hydrogen-bond acceptors (Lipinski definition) is 4. The van der Waals surface area contributed by atoms with Crippen LogP contribution in [0.1, 0.15) is 24.5 Å². The first-order chi connectivity index (χ1) is 9.33. The molecule has 0 aromatic carbocycles. The Morgan fingerprint density at radius 2 is 2.11 bits per heavy atom. The molecule has 0 saturated carbocycles. The topological polar surface area (TPSA) is 70.7 Å². The zero-order chi connectivity index (χ0) is 13.1. The highest BCUT2D eigenvalue weighted by atomic mass is 16.1. The number of nitrogens with one attached hydrogen (secondary N) is 2. The van der Waals surface area contributed by atoms with E-state index in [4.69, 9.17) is 0 Å². The van der Waals surface area contributed by atoms with Gasteiger partial charge in [-0.25, -0.2) is 4.98 Å². The van der Waals surface area contributed by atoms with Gasteiger partial charge in [-0.3, -0.25) is 9.78 Å². The van der Waals surface area contributed by atoms with Crippen LogP contribution in [0.4, 0.5) is 0 Å². The van der Waals surface area contributed by atoms with Crippen molar-refractivity contribution in [2.45, 2.75) is 18.8 Å². The van der Waals surface area contributed by atoms with Crippen LogP contribution in [0.25, 0.3) is 11.4 Å². The number of H-pyrrole nitrogens is 1. The Morgan fingerprint density at radius 3 is 2.84 bits per heavy atom. The van der Waals surface area contributed by atoms with Crippen molar-refractivity contribution in [2.24, 2.45) is 0 Å². The van der Waals surface area contributed by atoms with E-state index in [-0.39, 0.29) is 5.56 Å². The molecule has 5 nitrogen and oxygen atoms in total. The molecular weight excluding hydrogens is 240 g/mol. The van der Waals surface area contributed by atoms with Crippen LogP contribution in [0.5, 0.6) is 0 Å². The van der Waals surface area contributed by atoms with Crippen LogP contribution in [-0.2, 0) is 0 Å². The quantitative estimate of drug-likeness (QED) is 0.849. The van der Waals surface area contributed by atoms with Crippen LogP contribution >= 0.6 is 0 Å². The van der Waals surface area contributed by atoms with E-state index in [1.807, 2.05) is 12.1 Å². The number of nitrogens with zero attached hydrogens (tertiary/aromatic N) is 2. The lowest BCUT2D eigenvalue weighted by Gasteiger charge is -2.22. The van der Waals surface area contributed by atoms with E-state index < -0.39 is 0 Å². The molecule has 0 amide bonds. The average molecular weight is 256 g/mol. The summed E-state index contributed by atoms with van der Waals surface area (Å²) in [6.45, 7) is 1.97. The minimum atomic E-state index is -0.0950. The van der Waals surface area contributed by atoms with Gasteiger partial charge >= 0.3 is 0 Å². The lowest BCUT2D eigenvalue weighted by atomic mass is 9.94. The number of aromatic amines is 1. The Bertz CT molecular complexity index is 602. The molecule has 0 aliphatic carbocycles. The fourth-order valence-electron chi connectivity index (χ4n) is 2.44. The number of hydrogen-bond donors (Lipinski definition) is 2. The second-order valence-corrected chi connectivity index (χ2v) is 4.78. The normalized spacial score (nSPS) is 16.4. The maximum Gasteiger partial charge on any atom is 0.251 e. The molecule has 19 heavy (non-hydrogen) atoms. The Labute approximate surface area is 111 Å². The van der Waals surface area contributed by atoms with E-state index >= 15 is 0 Å². The molecule has 1 aliphatic rings. The third-order valence-electron chi connectivity index (χ3n) is 3.45. The summed E-state index contributed by atoms with van der Waals surface area (Å²) in [5.74, 6) is 0.980. The lowest BCUT2D eigenvalue weighted by Crippen LogP contribution is -2.28. The molecule has 3 heterocycles. The second-order valence-electron chi connectivity index (χ2n) is 4.78. The summed E-state index contributed by atoms with van der Waals surface area (Å²) in [5, 5.41) is 3.32. The predicted molar refractivity (Wildman–Crippen MR) is 72.9 cm³/mol. The van der Waals surface area contributed by atoms with E-state index in [0.29, 0.717) is 11.7 Å². The van der Waals surface area contributed by atoms with E-state index in [1.54, 1.807) is 18.5 Å². The predicted octanol–water partition coefficient (Wildman–Crippen LogP) is 1.30. The molecular formula is C14H16N4O. The zero-order valence-electron chi connectivity index (χ0n) is 10.6. The van der Waals surface area contributed by atoms with E-state index in [0.717, 1.165) is 37.2 Å². The monoisotopic (exact) mass is 256 g/mol. The standard InChI is InChI=1S/C14H16N4O/c19-13-8-12(10-3-6-15-7-4-10)17-14(18-13)11-2-1-5-16-9-11/h1-2,5,8-10,15H,3-4,6-7H2,(H,17,18,19). The molecule has 0 bridgehead atoms. The third-order valence-corrected chi connectivity index (χ3v) is 3.45. The maximum absolute atomic E-state index is 11.8. The van der Waals surface area contributed by atoms with Gasteiger partial charge in [0.25, 0.3) is 5.56 Å². The SMILES string of the molecule is O=c1cc(C2CCNCC2)nc(-c2cccnc2)[nH]1.